The highest BCUT2D eigenvalue weighted by molar-refractivity contribution is 6.77. The number of halogens is 3. The van der Waals surface area contributed by atoms with E-state index >= 15 is 4.39 Å². The van der Waals surface area contributed by atoms with E-state index in [1.54, 1.807) is 6.07 Å². The summed E-state index contributed by atoms with van der Waals surface area (Å²) in [5.74, 6) is -1.21. The number of anilines is 1. The number of nitrogens with zero attached hydrogens (tertiary/aromatic N) is 1. The van der Waals surface area contributed by atoms with E-state index in [9.17, 15) is 8.78 Å². The average Bonchev–Trinajstić information content (AvgIpc) is 2.73. The van der Waals surface area contributed by atoms with Crippen LogP contribution in [0.15, 0.2) is 18.2 Å². The number of piperazine rings is 1. The van der Waals surface area contributed by atoms with Crippen molar-refractivity contribution in [3.8, 4) is 5.75 Å². The number of ether oxygens (including phenoxy) is 1. The number of nitrogens with one attached hydrogen (secondary N) is 1. The third-order valence-electron chi connectivity index (χ3n) is 7.98. The molecule has 0 spiro atoms. The molecule has 35 heavy (non-hydrogen) atoms. The fourth-order valence-corrected chi connectivity index (χ4v) is 12.1. The highest BCUT2D eigenvalue weighted by atomic mass is 28.4. The van der Waals surface area contributed by atoms with Crippen LogP contribution < -0.4 is 15.0 Å². The van der Waals surface area contributed by atoms with E-state index in [2.05, 4.69) is 24.1 Å². The Morgan fingerprint density at radius 2 is 1.66 bits per heavy atom. The molecule has 0 aromatic heterocycles. The zero-order valence-corrected chi connectivity index (χ0v) is 23.8. The highest BCUT2D eigenvalue weighted by Crippen LogP contribution is 2.43. The maximum atomic E-state index is 15.1. The second kappa shape index (κ2) is 10.6. The van der Waals surface area contributed by atoms with Gasteiger partial charge in [0, 0.05) is 35.9 Å². The van der Waals surface area contributed by atoms with Crippen molar-refractivity contribution in [2.75, 3.05) is 18.1 Å². The minimum absolute atomic E-state index is 0.117. The molecule has 1 heterocycles. The number of alkyl halides is 2. The van der Waals surface area contributed by atoms with Gasteiger partial charge in [-0.3, -0.25) is 0 Å². The predicted octanol–water partition coefficient (Wildman–Crippen LogP) is 7.49. The van der Waals surface area contributed by atoms with Gasteiger partial charge in [-0.25, -0.2) is 4.39 Å². The minimum atomic E-state index is -3.62. The lowest BCUT2D eigenvalue weighted by Gasteiger charge is -2.52. The lowest BCUT2D eigenvalue weighted by Crippen LogP contribution is -2.67. The number of fused-ring (bicyclic) bond motifs is 1. The Morgan fingerprint density at radius 1 is 1.06 bits per heavy atom. The monoisotopic (exact) mass is 514 g/mol. The van der Waals surface area contributed by atoms with Crippen LogP contribution in [-0.2, 0) is 4.43 Å². The van der Waals surface area contributed by atoms with E-state index in [4.69, 9.17) is 9.16 Å². The first-order chi connectivity index (χ1) is 16.2. The summed E-state index contributed by atoms with van der Waals surface area (Å²) in [6, 6.07) is 5.01. The number of benzene rings is 1. The molecule has 1 aliphatic heterocycles. The fourth-order valence-electron chi connectivity index (χ4n) is 6.68. The Hall–Kier alpha value is -1.25. The van der Waals surface area contributed by atoms with Crippen LogP contribution in [0.3, 0.4) is 0 Å². The molecule has 0 unspecified atom stereocenters. The van der Waals surface area contributed by atoms with Gasteiger partial charge in [-0.2, -0.15) is 8.78 Å². The normalized spacial score (nSPS) is 23.2. The van der Waals surface area contributed by atoms with Gasteiger partial charge in [0.05, 0.1) is 0 Å². The van der Waals surface area contributed by atoms with E-state index in [1.807, 2.05) is 41.5 Å². The molecule has 8 heteroatoms. The number of hydrogen-bond acceptors (Lipinski definition) is 4. The Kier molecular flexibility index (Phi) is 8.59. The van der Waals surface area contributed by atoms with Crippen LogP contribution in [0.2, 0.25) is 16.6 Å². The largest absolute Gasteiger partial charge is 0.428 e. The van der Waals surface area contributed by atoms with Gasteiger partial charge in [0.1, 0.15) is 6.61 Å². The molecule has 1 aliphatic carbocycles. The van der Waals surface area contributed by atoms with Crippen LogP contribution in [0.25, 0.3) is 0 Å². The van der Waals surface area contributed by atoms with E-state index in [-0.39, 0.29) is 28.2 Å². The van der Waals surface area contributed by atoms with Crippen LogP contribution in [0.1, 0.15) is 81.1 Å². The summed E-state index contributed by atoms with van der Waals surface area (Å²) >= 11 is 0. The van der Waals surface area contributed by atoms with Gasteiger partial charge in [0.25, 0.3) is 0 Å². The Labute approximate surface area is 211 Å². The van der Waals surface area contributed by atoms with Crippen LogP contribution in [0.4, 0.5) is 18.9 Å². The average molecular weight is 515 g/mol. The van der Waals surface area contributed by atoms with Crippen LogP contribution in [-0.4, -0.2) is 45.2 Å². The third-order valence-corrected chi connectivity index (χ3v) is 14.0. The maximum Gasteiger partial charge on any atom is 0.420 e. The number of rotatable bonds is 9. The van der Waals surface area contributed by atoms with Gasteiger partial charge in [0.15, 0.2) is 11.6 Å². The van der Waals surface area contributed by atoms with Crippen LogP contribution in [0.5, 0.6) is 5.75 Å². The van der Waals surface area contributed by atoms with Crippen molar-refractivity contribution in [1.29, 1.82) is 0 Å². The molecule has 1 saturated heterocycles. The Balaban J connectivity index is 1.76. The summed E-state index contributed by atoms with van der Waals surface area (Å²) in [4.78, 5) is 2.24. The SMILES string of the molecule is CC(C)[Si](OCC(F)(F)Oc1ccc(N2CC(C)(C)N[C@@H]3CCCC[C@@H]32)cc1F)(C(C)C)C(C)C. The fraction of sp³-hybridized carbons (Fsp3) is 0.778. The maximum absolute atomic E-state index is 15.1. The summed E-state index contributed by atoms with van der Waals surface area (Å²) in [7, 11) is -2.50. The van der Waals surface area contributed by atoms with Crippen LogP contribution >= 0.6 is 0 Å². The molecule has 4 nitrogen and oxygen atoms in total. The Bertz CT molecular complexity index is 841. The quantitative estimate of drug-likeness (QED) is 0.346. The van der Waals surface area contributed by atoms with Crippen LogP contribution in [0, 0.1) is 5.82 Å². The smallest absolute Gasteiger partial charge is 0.420 e. The molecule has 1 saturated carbocycles. The van der Waals surface area contributed by atoms with Gasteiger partial charge >= 0.3 is 6.11 Å². The number of hydrogen-bond donors (Lipinski definition) is 1. The zero-order chi connectivity index (χ0) is 26.2. The molecule has 2 aliphatic rings. The van der Waals surface area contributed by atoms with Gasteiger partial charge in [-0.15, -0.1) is 0 Å². The first kappa shape index (κ1) is 28.3. The van der Waals surface area contributed by atoms with Gasteiger partial charge in [-0.05, 0) is 55.4 Å². The topological polar surface area (TPSA) is 33.7 Å². The third kappa shape index (κ3) is 6.19. The van der Waals surface area contributed by atoms with E-state index in [0.717, 1.165) is 25.8 Å². The van der Waals surface area contributed by atoms with Gasteiger partial charge < -0.3 is 19.4 Å². The van der Waals surface area contributed by atoms with Crippen molar-refractivity contribution in [3.63, 3.8) is 0 Å². The molecule has 1 aromatic rings. The second-order valence-electron chi connectivity index (χ2n) is 12.1. The molecule has 2 atom stereocenters. The molecule has 0 bridgehead atoms. The minimum Gasteiger partial charge on any atom is -0.428 e. The van der Waals surface area contributed by atoms with Crippen molar-refractivity contribution < 1.29 is 22.3 Å². The molecule has 1 aromatic carbocycles. The summed E-state index contributed by atoms with van der Waals surface area (Å²) in [6.45, 7) is 16.4. The summed E-state index contributed by atoms with van der Waals surface area (Å²) in [5, 5.41) is 3.73. The lowest BCUT2D eigenvalue weighted by atomic mass is 9.83. The second-order valence-corrected chi connectivity index (χ2v) is 17.5. The van der Waals surface area contributed by atoms with E-state index < -0.39 is 32.6 Å². The molecule has 0 amide bonds. The Morgan fingerprint density at radius 3 is 2.23 bits per heavy atom. The van der Waals surface area contributed by atoms with E-state index in [1.165, 1.54) is 18.6 Å². The highest BCUT2D eigenvalue weighted by Gasteiger charge is 2.48. The molecule has 200 valence electrons. The molecular weight excluding hydrogens is 469 g/mol. The molecule has 2 fully saturated rings. The first-order valence-electron chi connectivity index (χ1n) is 13.2. The first-order valence-corrected chi connectivity index (χ1v) is 15.4. The molecule has 0 radical (unpaired) electrons. The molecule has 3 rings (SSSR count). The van der Waals surface area contributed by atoms with Gasteiger partial charge in [-0.1, -0.05) is 54.4 Å². The predicted molar refractivity (Wildman–Crippen MR) is 140 cm³/mol. The summed E-state index contributed by atoms with van der Waals surface area (Å²) < 4.78 is 55.8. The van der Waals surface area contributed by atoms with Crippen molar-refractivity contribution in [2.24, 2.45) is 0 Å². The van der Waals surface area contributed by atoms with Crippen molar-refractivity contribution in [3.05, 3.63) is 24.0 Å². The summed E-state index contributed by atoms with van der Waals surface area (Å²) in [5.41, 5.74) is 1.10. The van der Waals surface area contributed by atoms with Crippen molar-refractivity contribution >= 4 is 14.0 Å². The zero-order valence-electron chi connectivity index (χ0n) is 22.8. The van der Waals surface area contributed by atoms with E-state index in [0.29, 0.717) is 11.7 Å². The van der Waals surface area contributed by atoms with Crippen molar-refractivity contribution in [1.82, 2.24) is 5.32 Å². The van der Waals surface area contributed by atoms with Crippen molar-refractivity contribution in [2.45, 2.75) is 121 Å². The molecule has 1 N–H and O–H groups in total. The summed E-state index contributed by atoms with van der Waals surface area (Å²) in [6.07, 6.45) is 0.837. The van der Waals surface area contributed by atoms with Gasteiger partial charge in [0.2, 0.25) is 8.32 Å². The standard InChI is InChI=1S/C27H45F3N2O2Si/c1-18(2)35(19(3)4,20(5)6)33-17-27(29,30)34-25-14-13-21(15-22(25)28)32-16-26(7,8)31-23-11-9-10-12-24(23)32/h13-15,18-20,23-24,31H,9-12,16-17H2,1-8H3/t23-,24+/m1/s1. The molecular formula is C27H45F3N2O2Si. The lowest BCUT2D eigenvalue weighted by molar-refractivity contribution is -0.199.